The molecule has 2 heterocycles. The Kier molecular flexibility index (Phi) is 6.26. The Labute approximate surface area is 160 Å². The molecule has 6 heteroatoms. The summed E-state index contributed by atoms with van der Waals surface area (Å²) in [6.45, 7) is 8.85. The lowest BCUT2D eigenvalue weighted by atomic mass is 10.0. The molecule has 1 amide bonds. The van der Waals surface area contributed by atoms with Crippen molar-refractivity contribution in [2.45, 2.75) is 58.7 Å². The summed E-state index contributed by atoms with van der Waals surface area (Å²) >= 11 is 0. The third-order valence-corrected chi connectivity index (χ3v) is 5.54. The number of carbonyl (C=O) groups excluding carboxylic acids is 1. The third kappa shape index (κ3) is 4.75. The Balaban J connectivity index is 1.51. The van der Waals surface area contributed by atoms with Crippen LogP contribution in [0.5, 0.6) is 0 Å². The van der Waals surface area contributed by atoms with Crippen LogP contribution in [0.4, 0.5) is 4.39 Å². The molecule has 1 saturated heterocycles. The first-order valence-electron chi connectivity index (χ1n) is 9.79. The molecule has 1 aromatic heterocycles. The monoisotopic (exact) mass is 372 g/mol. The first-order chi connectivity index (χ1) is 13.0. The lowest BCUT2D eigenvalue weighted by molar-refractivity contribution is 0.0908. The molecular weight excluding hydrogens is 343 g/mol. The molecule has 0 unspecified atom stereocenters. The number of benzene rings is 1. The van der Waals surface area contributed by atoms with Crippen molar-refractivity contribution in [2.24, 2.45) is 0 Å². The fraction of sp³-hybridized carbons (Fsp3) is 0.524. The van der Waals surface area contributed by atoms with Crippen LogP contribution in [0.15, 0.2) is 30.5 Å². The van der Waals surface area contributed by atoms with Gasteiger partial charge in [-0.15, -0.1) is 0 Å². The van der Waals surface area contributed by atoms with E-state index in [4.69, 9.17) is 0 Å². The van der Waals surface area contributed by atoms with Gasteiger partial charge in [-0.2, -0.15) is 5.10 Å². The molecule has 1 aliphatic rings. The van der Waals surface area contributed by atoms with Gasteiger partial charge in [-0.3, -0.25) is 14.4 Å². The van der Waals surface area contributed by atoms with E-state index in [1.54, 1.807) is 6.20 Å². The lowest BCUT2D eigenvalue weighted by Crippen LogP contribution is -2.44. The Bertz CT molecular complexity index is 763. The number of hydrogen-bond donors (Lipinski definition) is 1. The highest BCUT2D eigenvalue weighted by atomic mass is 19.1. The van der Waals surface area contributed by atoms with Crippen molar-refractivity contribution in [2.75, 3.05) is 13.1 Å². The molecule has 1 atom stereocenters. The van der Waals surface area contributed by atoms with Crippen LogP contribution < -0.4 is 5.32 Å². The summed E-state index contributed by atoms with van der Waals surface area (Å²) in [5.41, 5.74) is 2.71. The minimum atomic E-state index is -0.202. The van der Waals surface area contributed by atoms with Crippen LogP contribution in [0, 0.1) is 12.7 Å². The number of nitrogens with one attached hydrogen (secondary N) is 1. The first kappa shape index (κ1) is 19.5. The SMILES string of the molecule is CC[C@H](C)n1ncc(C(=O)NC2CCN(Cc3ccc(F)cc3)CC2)c1C. The van der Waals surface area contributed by atoms with Crippen molar-refractivity contribution in [1.29, 1.82) is 0 Å². The molecule has 5 nitrogen and oxygen atoms in total. The lowest BCUT2D eigenvalue weighted by Gasteiger charge is -2.32. The van der Waals surface area contributed by atoms with Crippen LogP contribution in [0.2, 0.25) is 0 Å². The van der Waals surface area contributed by atoms with Crippen LogP contribution in [0.3, 0.4) is 0 Å². The number of carbonyl (C=O) groups is 1. The highest BCUT2D eigenvalue weighted by Crippen LogP contribution is 2.18. The van der Waals surface area contributed by atoms with Gasteiger partial charge < -0.3 is 5.32 Å². The molecule has 0 spiro atoms. The summed E-state index contributed by atoms with van der Waals surface area (Å²) in [6, 6.07) is 7.16. The van der Waals surface area contributed by atoms with Crippen molar-refractivity contribution in [1.82, 2.24) is 20.0 Å². The molecule has 146 valence electrons. The van der Waals surface area contributed by atoms with Crippen LogP contribution in [0.1, 0.15) is 60.8 Å². The van der Waals surface area contributed by atoms with E-state index >= 15 is 0 Å². The van der Waals surface area contributed by atoms with Gasteiger partial charge in [-0.1, -0.05) is 19.1 Å². The number of hydrogen-bond acceptors (Lipinski definition) is 3. The molecule has 1 N–H and O–H groups in total. The van der Waals surface area contributed by atoms with E-state index in [0.29, 0.717) is 11.6 Å². The zero-order valence-corrected chi connectivity index (χ0v) is 16.4. The number of likely N-dealkylation sites (tertiary alicyclic amines) is 1. The number of halogens is 1. The van der Waals surface area contributed by atoms with Crippen molar-refractivity contribution in [3.8, 4) is 0 Å². The summed E-state index contributed by atoms with van der Waals surface area (Å²) in [7, 11) is 0. The molecule has 3 rings (SSSR count). The molecule has 1 fully saturated rings. The van der Waals surface area contributed by atoms with Crippen LogP contribution in [0.25, 0.3) is 0 Å². The van der Waals surface area contributed by atoms with E-state index in [-0.39, 0.29) is 17.8 Å². The average Bonchev–Trinajstić information content (AvgIpc) is 3.06. The van der Waals surface area contributed by atoms with Crippen molar-refractivity contribution in [3.05, 3.63) is 53.1 Å². The molecule has 1 aliphatic heterocycles. The highest BCUT2D eigenvalue weighted by molar-refractivity contribution is 5.95. The molecule has 0 radical (unpaired) electrons. The van der Waals surface area contributed by atoms with E-state index < -0.39 is 0 Å². The third-order valence-electron chi connectivity index (χ3n) is 5.54. The maximum absolute atomic E-state index is 13.0. The Morgan fingerprint density at radius 3 is 2.59 bits per heavy atom. The number of rotatable bonds is 6. The predicted octanol–water partition coefficient (Wildman–Crippen LogP) is 3.70. The number of aromatic nitrogens is 2. The molecule has 27 heavy (non-hydrogen) atoms. The van der Waals surface area contributed by atoms with Crippen molar-refractivity contribution < 1.29 is 9.18 Å². The summed E-state index contributed by atoms with van der Waals surface area (Å²) in [5, 5.41) is 7.56. The van der Waals surface area contributed by atoms with Crippen molar-refractivity contribution in [3.63, 3.8) is 0 Å². The predicted molar refractivity (Wildman–Crippen MR) is 104 cm³/mol. The van der Waals surface area contributed by atoms with Gasteiger partial charge in [0, 0.05) is 37.4 Å². The highest BCUT2D eigenvalue weighted by Gasteiger charge is 2.23. The molecule has 0 bridgehead atoms. The van der Waals surface area contributed by atoms with Gasteiger partial charge in [-0.05, 0) is 50.8 Å². The van der Waals surface area contributed by atoms with Gasteiger partial charge in [-0.25, -0.2) is 4.39 Å². The van der Waals surface area contributed by atoms with E-state index in [0.717, 1.165) is 50.2 Å². The molecule has 1 aromatic carbocycles. The standard InChI is InChI=1S/C21H29FN4O/c1-4-15(2)26-16(3)20(13-23-26)21(27)24-19-9-11-25(12-10-19)14-17-5-7-18(22)8-6-17/h5-8,13,15,19H,4,9-12,14H2,1-3H3,(H,24,27)/t15-/m0/s1. The van der Waals surface area contributed by atoms with E-state index in [2.05, 4.69) is 29.2 Å². The van der Waals surface area contributed by atoms with Crippen LogP contribution >= 0.6 is 0 Å². The largest absolute Gasteiger partial charge is 0.349 e. The van der Waals surface area contributed by atoms with Gasteiger partial charge in [0.2, 0.25) is 0 Å². The Morgan fingerprint density at radius 1 is 1.30 bits per heavy atom. The zero-order valence-electron chi connectivity index (χ0n) is 16.4. The average molecular weight is 372 g/mol. The molecule has 0 aliphatic carbocycles. The Morgan fingerprint density at radius 2 is 1.96 bits per heavy atom. The molecule has 0 saturated carbocycles. The summed E-state index contributed by atoms with van der Waals surface area (Å²) in [5.74, 6) is -0.230. The maximum Gasteiger partial charge on any atom is 0.254 e. The minimum absolute atomic E-state index is 0.0287. The summed E-state index contributed by atoms with van der Waals surface area (Å²) < 4.78 is 14.9. The van der Waals surface area contributed by atoms with Gasteiger partial charge in [0.1, 0.15) is 5.82 Å². The van der Waals surface area contributed by atoms with Crippen molar-refractivity contribution >= 4 is 5.91 Å². The van der Waals surface area contributed by atoms with E-state index in [1.807, 2.05) is 23.7 Å². The molecular formula is C21H29FN4O. The van der Waals surface area contributed by atoms with Gasteiger partial charge in [0.25, 0.3) is 5.91 Å². The second-order valence-electron chi connectivity index (χ2n) is 7.50. The topological polar surface area (TPSA) is 50.2 Å². The first-order valence-corrected chi connectivity index (χ1v) is 9.79. The second-order valence-corrected chi connectivity index (χ2v) is 7.50. The van der Waals surface area contributed by atoms with E-state index in [1.165, 1.54) is 12.1 Å². The summed E-state index contributed by atoms with van der Waals surface area (Å²) in [4.78, 5) is 15.0. The molecule has 2 aromatic rings. The van der Waals surface area contributed by atoms with Crippen LogP contribution in [-0.2, 0) is 6.54 Å². The Hall–Kier alpha value is -2.21. The maximum atomic E-state index is 13.0. The van der Waals surface area contributed by atoms with Gasteiger partial charge >= 0.3 is 0 Å². The number of nitrogens with zero attached hydrogens (tertiary/aromatic N) is 3. The number of amides is 1. The quantitative estimate of drug-likeness (QED) is 0.841. The normalized spacial score (nSPS) is 17.0. The van der Waals surface area contributed by atoms with Gasteiger partial charge in [0.15, 0.2) is 0 Å². The fourth-order valence-electron chi connectivity index (χ4n) is 3.61. The number of piperidine rings is 1. The van der Waals surface area contributed by atoms with Gasteiger partial charge in [0.05, 0.1) is 11.8 Å². The second kappa shape index (κ2) is 8.65. The minimum Gasteiger partial charge on any atom is -0.349 e. The smallest absolute Gasteiger partial charge is 0.254 e. The fourth-order valence-corrected chi connectivity index (χ4v) is 3.61. The zero-order chi connectivity index (χ0) is 19.4. The van der Waals surface area contributed by atoms with Crippen LogP contribution in [-0.4, -0.2) is 39.7 Å². The van der Waals surface area contributed by atoms with E-state index in [9.17, 15) is 9.18 Å². The summed E-state index contributed by atoms with van der Waals surface area (Å²) in [6.07, 6.45) is 4.51.